The molecule has 0 atom stereocenters. The quantitative estimate of drug-likeness (QED) is 0.306. The first-order valence-corrected chi connectivity index (χ1v) is 13.3. The number of aromatic nitrogens is 5. The third kappa shape index (κ3) is 6.56. The molecule has 1 amide bonds. The molecule has 0 unspecified atom stereocenters. The first-order chi connectivity index (χ1) is 19.0. The third-order valence-electron chi connectivity index (χ3n) is 6.74. The van der Waals surface area contributed by atoms with Crippen molar-refractivity contribution in [2.75, 3.05) is 0 Å². The number of ether oxygens (including phenoxy) is 3. The number of alkyl carbamates (subject to hydrolysis) is 1. The highest BCUT2D eigenvalue weighted by Gasteiger charge is 2.33. The van der Waals surface area contributed by atoms with Crippen LogP contribution in [0.15, 0.2) is 73.2 Å². The first-order valence-electron chi connectivity index (χ1n) is 13.3. The van der Waals surface area contributed by atoms with Crippen molar-refractivity contribution in [1.82, 2.24) is 30.3 Å². The SMILES string of the molecule is CC(C)(C)OC(=O)NC1CC(Oc2ccc(C(C)(C)c3ccc(Oc4ccnc(-n5ccnn5)n4)cc3)cc2)C1. The van der Waals surface area contributed by atoms with Crippen LogP contribution in [0, 0.1) is 0 Å². The summed E-state index contributed by atoms with van der Waals surface area (Å²) in [5.74, 6) is 2.29. The van der Waals surface area contributed by atoms with Gasteiger partial charge in [0.25, 0.3) is 5.95 Å². The summed E-state index contributed by atoms with van der Waals surface area (Å²) in [6.07, 6.45) is 6.07. The molecule has 1 aliphatic rings. The average Bonchev–Trinajstić information content (AvgIpc) is 3.42. The third-order valence-corrected chi connectivity index (χ3v) is 6.74. The summed E-state index contributed by atoms with van der Waals surface area (Å²) in [6, 6.07) is 18.0. The predicted octanol–water partition coefficient (Wildman–Crippen LogP) is 5.61. The van der Waals surface area contributed by atoms with Gasteiger partial charge in [0.05, 0.1) is 12.4 Å². The highest BCUT2D eigenvalue weighted by Crippen LogP contribution is 2.35. The molecule has 1 saturated carbocycles. The first kappa shape index (κ1) is 27.1. The lowest BCUT2D eigenvalue weighted by atomic mass is 9.78. The van der Waals surface area contributed by atoms with Gasteiger partial charge in [0.2, 0.25) is 5.88 Å². The van der Waals surface area contributed by atoms with Gasteiger partial charge in [-0.2, -0.15) is 9.67 Å². The van der Waals surface area contributed by atoms with Crippen LogP contribution in [0.1, 0.15) is 58.6 Å². The Hall–Kier alpha value is -4.47. The fourth-order valence-electron chi connectivity index (χ4n) is 4.44. The van der Waals surface area contributed by atoms with Crippen LogP contribution in [0.25, 0.3) is 5.95 Å². The van der Waals surface area contributed by atoms with Crippen LogP contribution in [0.3, 0.4) is 0 Å². The zero-order valence-electron chi connectivity index (χ0n) is 23.4. The average molecular weight is 543 g/mol. The Morgan fingerprint density at radius 2 is 1.55 bits per heavy atom. The smallest absolute Gasteiger partial charge is 0.407 e. The van der Waals surface area contributed by atoms with Gasteiger partial charge in [-0.1, -0.05) is 43.3 Å². The standard InChI is InChI=1S/C30H34N6O4/c1-29(2,3)40-28(37)33-22-18-25(19-22)38-23-10-6-20(7-11-23)30(4,5)21-8-12-24(13-9-21)39-26-14-15-31-27(34-26)36-17-16-32-35-36/h6-17,22,25H,18-19H2,1-5H3,(H,33,37). The molecule has 2 heterocycles. The van der Waals surface area contributed by atoms with Gasteiger partial charge in [0, 0.05) is 36.6 Å². The summed E-state index contributed by atoms with van der Waals surface area (Å²) >= 11 is 0. The van der Waals surface area contributed by atoms with E-state index in [0.29, 0.717) is 17.6 Å². The van der Waals surface area contributed by atoms with E-state index in [0.717, 1.165) is 24.2 Å². The molecule has 1 aliphatic carbocycles. The van der Waals surface area contributed by atoms with E-state index in [4.69, 9.17) is 14.2 Å². The molecule has 208 valence electrons. The van der Waals surface area contributed by atoms with E-state index in [1.165, 1.54) is 10.2 Å². The lowest BCUT2D eigenvalue weighted by Gasteiger charge is -2.36. The second-order valence-corrected chi connectivity index (χ2v) is 11.4. The zero-order valence-corrected chi connectivity index (χ0v) is 23.4. The fourth-order valence-corrected chi connectivity index (χ4v) is 4.44. The maximum absolute atomic E-state index is 11.9. The number of nitrogens with one attached hydrogen (secondary N) is 1. The number of carbonyl (C=O) groups excluding carboxylic acids is 1. The van der Waals surface area contributed by atoms with E-state index in [2.05, 4.69) is 63.7 Å². The molecule has 40 heavy (non-hydrogen) atoms. The summed E-state index contributed by atoms with van der Waals surface area (Å²) in [4.78, 5) is 20.5. The van der Waals surface area contributed by atoms with Crippen LogP contribution >= 0.6 is 0 Å². The number of nitrogens with zero attached hydrogens (tertiary/aromatic N) is 5. The molecule has 0 saturated heterocycles. The minimum absolute atomic E-state index is 0.0773. The molecule has 2 aromatic heterocycles. The Labute approximate surface area is 233 Å². The molecule has 0 radical (unpaired) electrons. The molecule has 4 aromatic rings. The lowest BCUT2D eigenvalue weighted by molar-refractivity contribution is 0.0363. The van der Waals surface area contributed by atoms with E-state index in [9.17, 15) is 4.79 Å². The van der Waals surface area contributed by atoms with Crippen molar-refractivity contribution in [3.63, 3.8) is 0 Å². The molecule has 0 spiro atoms. The van der Waals surface area contributed by atoms with Crippen molar-refractivity contribution in [2.24, 2.45) is 0 Å². The van der Waals surface area contributed by atoms with Crippen LogP contribution < -0.4 is 14.8 Å². The molecule has 2 aromatic carbocycles. The normalized spacial score (nSPS) is 17.0. The van der Waals surface area contributed by atoms with Crippen molar-refractivity contribution in [1.29, 1.82) is 0 Å². The Balaban J connectivity index is 1.15. The van der Waals surface area contributed by atoms with E-state index in [-0.39, 0.29) is 23.7 Å². The van der Waals surface area contributed by atoms with Gasteiger partial charge in [0.1, 0.15) is 23.2 Å². The molecule has 1 fully saturated rings. The summed E-state index contributed by atoms with van der Waals surface area (Å²) in [7, 11) is 0. The minimum atomic E-state index is -0.503. The van der Waals surface area contributed by atoms with Crippen LogP contribution in [0.2, 0.25) is 0 Å². The van der Waals surface area contributed by atoms with Gasteiger partial charge in [0.15, 0.2) is 0 Å². The van der Waals surface area contributed by atoms with Crippen molar-refractivity contribution in [2.45, 2.75) is 70.6 Å². The van der Waals surface area contributed by atoms with E-state index in [1.54, 1.807) is 24.7 Å². The van der Waals surface area contributed by atoms with Crippen LogP contribution in [-0.4, -0.2) is 48.8 Å². The number of hydrogen-bond donors (Lipinski definition) is 1. The molecular weight excluding hydrogens is 508 g/mol. The maximum atomic E-state index is 11.9. The Morgan fingerprint density at radius 3 is 2.15 bits per heavy atom. The lowest BCUT2D eigenvalue weighted by Crippen LogP contribution is -2.50. The summed E-state index contributed by atoms with van der Waals surface area (Å²) in [5, 5.41) is 10.6. The summed E-state index contributed by atoms with van der Waals surface area (Å²) in [6.45, 7) is 9.94. The van der Waals surface area contributed by atoms with E-state index >= 15 is 0 Å². The molecule has 0 aliphatic heterocycles. The molecule has 10 heteroatoms. The van der Waals surface area contributed by atoms with Crippen molar-refractivity contribution < 1.29 is 19.0 Å². The van der Waals surface area contributed by atoms with Crippen molar-refractivity contribution >= 4 is 6.09 Å². The minimum Gasteiger partial charge on any atom is -0.490 e. The highest BCUT2D eigenvalue weighted by molar-refractivity contribution is 5.68. The van der Waals surface area contributed by atoms with Gasteiger partial charge in [-0.25, -0.2) is 9.78 Å². The number of rotatable bonds is 8. The molecule has 0 bridgehead atoms. The number of amides is 1. The van der Waals surface area contributed by atoms with E-state index < -0.39 is 5.60 Å². The maximum Gasteiger partial charge on any atom is 0.407 e. The summed E-state index contributed by atoms with van der Waals surface area (Å²) < 4.78 is 18.9. The monoisotopic (exact) mass is 542 g/mol. The predicted molar refractivity (Wildman–Crippen MR) is 149 cm³/mol. The van der Waals surface area contributed by atoms with Crippen LogP contribution in [0.4, 0.5) is 4.79 Å². The van der Waals surface area contributed by atoms with Crippen LogP contribution in [-0.2, 0) is 10.2 Å². The van der Waals surface area contributed by atoms with Gasteiger partial charge < -0.3 is 19.5 Å². The van der Waals surface area contributed by atoms with Gasteiger partial charge in [-0.15, -0.1) is 5.10 Å². The Kier molecular flexibility index (Phi) is 7.42. The van der Waals surface area contributed by atoms with Crippen LogP contribution in [0.5, 0.6) is 17.4 Å². The van der Waals surface area contributed by atoms with Crippen molar-refractivity contribution in [3.05, 3.63) is 84.3 Å². The fraction of sp³-hybridized carbons (Fsp3) is 0.367. The summed E-state index contributed by atoms with van der Waals surface area (Å²) in [5.41, 5.74) is 1.58. The van der Waals surface area contributed by atoms with Gasteiger partial charge in [-0.05, 0) is 56.2 Å². The number of hydrogen-bond acceptors (Lipinski definition) is 8. The van der Waals surface area contributed by atoms with Gasteiger partial charge >= 0.3 is 6.09 Å². The van der Waals surface area contributed by atoms with E-state index in [1.807, 2.05) is 45.0 Å². The Bertz CT molecular complexity index is 1420. The Morgan fingerprint density at radius 1 is 0.900 bits per heavy atom. The highest BCUT2D eigenvalue weighted by atomic mass is 16.6. The van der Waals surface area contributed by atoms with Crippen molar-refractivity contribution in [3.8, 4) is 23.3 Å². The topological polar surface area (TPSA) is 113 Å². The second-order valence-electron chi connectivity index (χ2n) is 11.4. The number of benzene rings is 2. The second kappa shape index (κ2) is 11.0. The van der Waals surface area contributed by atoms with Gasteiger partial charge in [-0.3, -0.25) is 0 Å². The number of carbonyl (C=O) groups is 1. The molecule has 5 rings (SSSR count). The zero-order chi connectivity index (χ0) is 28.3. The molecule has 10 nitrogen and oxygen atoms in total. The largest absolute Gasteiger partial charge is 0.490 e. The molecular formula is C30H34N6O4. The molecule has 1 N–H and O–H groups in total.